The zero-order chi connectivity index (χ0) is 12.5. The minimum Gasteiger partial charge on any atom is -0.323 e. The maximum Gasteiger partial charge on any atom is 0.0424 e. The van der Waals surface area contributed by atoms with Crippen LogP contribution in [0.2, 0.25) is 0 Å². The van der Waals surface area contributed by atoms with Crippen LogP contribution < -0.4 is 5.73 Å². The third kappa shape index (κ3) is 2.40. The van der Waals surface area contributed by atoms with Crippen molar-refractivity contribution in [2.75, 3.05) is 13.6 Å². The molecular formula is C16H20N2. The number of likely N-dealkylation sites (N-methyl/N-ethyl adjacent to an activating group) is 1. The second-order valence-electron chi connectivity index (χ2n) is 5.38. The summed E-state index contributed by atoms with van der Waals surface area (Å²) in [5, 5.41) is 2.56. The molecule has 2 aromatic rings. The third-order valence-electron chi connectivity index (χ3n) is 3.86. The summed E-state index contributed by atoms with van der Waals surface area (Å²) in [6.45, 7) is 0.947. The lowest BCUT2D eigenvalue weighted by Crippen LogP contribution is -2.30. The van der Waals surface area contributed by atoms with Gasteiger partial charge >= 0.3 is 0 Å². The van der Waals surface area contributed by atoms with Crippen LogP contribution in [0.1, 0.15) is 24.4 Å². The van der Waals surface area contributed by atoms with E-state index in [9.17, 15) is 0 Å². The van der Waals surface area contributed by atoms with Gasteiger partial charge in [-0.2, -0.15) is 0 Å². The molecule has 1 aliphatic rings. The van der Waals surface area contributed by atoms with Crippen molar-refractivity contribution in [2.24, 2.45) is 5.73 Å². The molecule has 0 spiro atoms. The summed E-state index contributed by atoms with van der Waals surface area (Å²) in [5.74, 6) is 0. The Kier molecular flexibility index (Phi) is 3.06. The predicted molar refractivity (Wildman–Crippen MR) is 76.5 cm³/mol. The van der Waals surface area contributed by atoms with Gasteiger partial charge in [0.15, 0.2) is 0 Å². The van der Waals surface area contributed by atoms with Crippen LogP contribution in [0.4, 0.5) is 0 Å². The molecule has 1 saturated carbocycles. The van der Waals surface area contributed by atoms with Crippen LogP contribution in [-0.4, -0.2) is 24.5 Å². The van der Waals surface area contributed by atoms with Gasteiger partial charge in [0.25, 0.3) is 0 Å². The van der Waals surface area contributed by atoms with Crippen LogP contribution in [0.3, 0.4) is 0 Å². The first kappa shape index (κ1) is 11.7. The van der Waals surface area contributed by atoms with Crippen molar-refractivity contribution in [1.29, 1.82) is 0 Å². The molecule has 0 aliphatic heterocycles. The van der Waals surface area contributed by atoms with Gasteiger partial charge in [-0.3, -0.25) is 0 Å². The van der Waals surface area contributed by atoms with Crippen LogP contribution in [0.15, 0.2) is 42.5 Å². The van der Waals surface area contributed by atoms with Crippen molar-refractivity contribution in [3.8, 4) is 0 Å². The Morgan fingerprint density at radius 1 is 1.17 bits per heavy atom. The van der Waals surface area contributed by atoms with Crippen LogP contribution in [0, 0.1) is 0 Å². The van der Waals surface area contributed by atoms with Gasteiger partial charge in [0.05, 0.1) is 0 Å². The summed E-state index contributed by atoms with van der Waals surface area (Å²) in [5.41, 5.74) is 7.55. The summed E-state index contributed by atoms with van der Waals surface area (Å²) in [7, 11) is 2.18. The maximum atomic E-state index is 6.31. The molecule has 2 aromatic carbocycles. The highest BCUT2D eigenvalue weighted by atomic mass is 15.2. The smallest absolute Gasteiger partial charge is 0.0424 e. The highest BCUT2D eigenvalue weighted by Gasteiger charge is 2.27. The predicted octanol–water partition coefficient (Wildman–Crippen LogP) is 2.93. The molecule has 0 saturated heterocycles. The van der Waals surface area contributed by atoms with E-state index in [-0.39, 0.29) is 6.04 Å². The summed E-state index contributed by atoms with van der Waals surface area (Å²) in [4.78, 5) is 2.39. The number of hydrogen-bond acceptors (Lipinski definition) is 2. The van der Waals surface area contributed by atoms with Crippen molar-refractivity contribution >= 4 is 10.8 Å². The van der Waals surface area contributed by atoms with E-state index in [2.05, 4.69) is 54.4 Å². The Morgan fingerprint density at radius 2 is 1.89 bits per heavy atom. The standard InChI is InChI=1S/C16H20N2/c1-18(15-8-9-15)11-16(17)14-7-6-12-4-2-3-5-13(12)10-14/h2-7,10,15-16H,8-9,11,17H2,1H3. The lowest BCUT2D eigenvalue weighted by atomic mass is 10.0. The Balaban J connectivity index is 1.79. The Hall–Kier alpha value is -1.38. The SMILES string of the molecule is CN(CC(N)c1ccc2ccccc2c1)C1CC1. The van der Waals surface area contributed by atoms with E-state index in [1.165, 1.54) is 29.2 Å². The van der Waals surface area contributed by atoms with E-state index >= 15 is 0 Å². The summed E-state index contributed by atoms with van der Waals surface area (Å²) in [6.07, 6.45) is 2.67. The first-order chi connectivity index (χ1) is 8.74. The van der Waals surface area contributed by atoms with Crippen molar-refractivity contribution < 1.29 is 0 Å². The highest BCUT2D eigenvalue weighted by molar-refractivity contribution is 5.83. The molecule has 0 heterocycles. The summed E-state index contributed by atoms with van der Waals surface area (Å²) < 4.78 is 0. The monoisotopic (exact) mass is 240 g/mol. The summed E-state index contributed by atoms with van der Waals surface area (Å²) >= 11 is 0. The topological polar surface area (TPSA) is 29.3 Å². The molecule has 0 aromatic heterocycles. The fraction of sp³-hybridized carbons (Fsp3) is 0.375. The van der Waals surface area contributed by atoms with Crippen molar-refractivity contribution in [3.05, 3.63) is 48.0 Å². The first-order valence-electron chi connectivity index (χ1n) is 6.68. The maximum absolute atomic E-state index is 6.31. The quantitative estimate of drug-likeness (QED) is 0.890. The average molecular weight is 240 g/mol. The second kappa shape index (κ2) is 4.71. The normalized spacial score (nSPS) is 17.3. The largest absolute Gasteiger partial charge is 0.323 e. The van der Waals surface area contributed by atoms with Crippen LogP contribution in [0.25, 0.3) is 10.8 Å². The van der Waals surface area contributed by atoms with Crippen LogP contribution in [-0.2, 0) is 0 Å². The molecule has 0 radical (unpaired) electrons. The van der Waals surface area contributed by atoms with Gasteiger partial charge in [-0.15, -0.1) is 0 Å². The molecule has 0 amide bonds. The Bertz CT molecular complexity index is 546. The molecular weight excluding hydrogens is 220 g/mol. The minimum absolute atomic E-state index is 0.111. The summed E-state index contributed by atoms with van der Waals surface area (Å²) in [6, 6.07) is 15.9. The van der Waals surface area contributed by atoms with Gasteiger partial charge in [-0.05, 0) is 42.3 Å². The van der Waals surface area contributed by atoms with Gasteiger partial charge in [-0.25, -0.2) is 0 Å². The molecule has 2 nitrogen and oxygen atoms in total. The lowest BCUT2D eigenvalue weighted by molar-refractivity contribution is 0.303. The fourth-order valence-corrected chi connectivity index (χ4v) is 2.52. The second-order valence-corrected chi connectivity index (χ2v) is 5.38. The van der Waals surface area contributed by atoms with Crippen molar-refractivity contribution in [1.82, 2.24) is 4.90 Å². The van der Waals surface area contributed by atoms with Gasteiger partial charge < -0.3 is 10.6 Å². The number of nitrogens with zero attached hydrogens (tertiary/aromatic N) is 1. The lowest BCUT2D eigenvalue weighted by Gasteiger charge is -2.21. The zero-order valence-electron chi connectivity index (χ0n) is 10.8. The molecule has 1 fully saturated rings. The molecule has 3 rings (SSSR count). The van der Waals surface area contributed by atoms with E-state index in [4.69, 9.17) is 5.73 Å². The third-order valence-corrected chi connectivity index (χ3v) is 3.86. The van der Waals surface area contributed by atoms with E-state index in [1.807, 2.05) is 0 Å². The molecule has 0 bridgehead atoms. The highest BCUT2D eigenvalue weighted by Crippen LogP contribution is 2.27. The zero-order valence-corrected chi connectivity index (χ0v) is 10.8. The van der Waals surface area contributed by atoms with E-state index in [1.54, 1.807) is 0 Å². The van der Waals surface area contributed by atoms with Crippen LogP contribution in [0.5, 0.6) is 0 Å². The fourth-order valence-electron chi connectivity index (χ4n) is 2.52. The van der Waals surface area contributed by atoms with E-state index in [0.29, 0.717) is 0 Å². The van der Waals surface area contributed by atoms with E-state index < -0.39 is 0 Å². The number of nitrogens with two attached hydrogens (primary N) is 1. The Morgan fingerprint density at radius 3 is 2.61 bits per heavy atom. The van der Waals surface area contributed by atoms with Gasteiger partial charge in [0, 0.05) is 18.6 Å². The first-order valence-corrected chi connectivity index (χ1v) is 6.68. The number of rotatable bonds is 4. The van der Waals surface area contributed by atoms with Crippen LogP contribution >= 0.6 is 0 Å². The minimum atomic E-state index is 0.111. The van der Waals surface area contributed by atoms with Crippen molar-refractivity contribution in [3.63, 3.8) is 0 Å². The molecule has 1 unspecified atom stereocenters. The van der Waals surface area contributed by atoms with Crippen molar-refractivity contribution in [2.45, 2.75) is 24.9 Å². The van der Waals surface area contributed by atoms with Gasteiger partial charge in [0.2, 0.25) is 0 Å². The number of benzene rings is 2. The molecule has 2 N–H and O–H groups in total. The number of hydrogen-bond donors (Lipinski definition) is 1. The van der Waals surface area contributed by atoms with Gasteiger partial charge in [0.1, 0.15) is 0 Å². The van der Waals surface area contributed by atoms with Gasteiger partial charge in [-0.1, -0.05) is 36.4 Å². The molecule has 2 heteroatoms. The Labute approximate surface area is 108 Å². The molecule has 18 heavy (non-hydrogen) atoms. The number of fused-ring (bicyclic) bond motifs is 1. The van der Waals surface area contributed by atoms with E-state index in [0.717, 1.165) is 12.6 Å². The molecule has 1 aliphatic carbocycles. The molecule has 94 valence electrons. The molecule has 1 atom stereocenters. The average Bonchev–Trinajstić information content (AvgIpc) is 3.22.